The van der Waals surface area contributed by atoms with Gasteiger partial charge < -0.3 is 28.3 Å². The number of likely N-dealkylation sites (N-methyl/N-ethyl adjacent to an activating group) is 1. The minimum Gasteiger partial charge on any atom is -0.756 e. The molecule has 0 spiro atoms. The van der Waals surface area contributed by atoms with E-state index in [2.05, 4.69) is 23.6 Å². The Morgan fingerprint density at radius 2 is 1.43 bits per heavy atom. The summed E-state index contributed by atoms with van der Waals surface area (Å²) in [5, 5.41) is 9.79. The van der Waals surface area contributed by atoms with Crippen LogP contribution in [0.5, 0.6) is 0 Å². The largest absolute Gasteiger partial charge is 0.756 e. The van der Waals surface area contributed by atoms with Crippen molar-refractivity contribution in [1.82, 2.24) is 0 Å². The van der Waals surface area contributed by atoms with Gasteiger partial charge in [0.15, 0.2) is 0 Å². The highest BCUT2D eigenvalue weighted by Gasteiger charge is 2.16. The summed E-state index contributed by atoms with van der Waals surface area (Å²) in [6.45, 7) is 1.92. The molecule has 0 rings (SSSR count). The molecule has 0 aromatic carbocycles. The quantitative estimate of drug-likeness (QED) is 0.0617. The number of aliphatic hydroxyl groups excluding tert-OH is 1. The van der Waals surface area contributed by atoms with Gasteiger partial charge in [0.2, 0.25) is 0 Å². The number of hydrogen-bond donors (Lipinski definition) is 1. The molecule has 0 aromatic rings. The molecule has 1 N–H and O–H groups in total. The highest BCUT2D eigenvalue weighted by Crippen LogP contribution is 2.38. The van der Waals surface area contributed by atoms with Crippen LogP contribution in [0.4, 0.5) is 0 Å². The number of ether oxygens (including phenoxy) is 1. The monoisotopic (exact) mass is 521 g/mol. The molecule has 0 bridgehead atoms. The topological polar surface area (TPSA) is 105 Å². The van der Waals surface area contributed by atoms with Gasteiger partial charge in [0, 0.05) is 6.42 Å². The standard InChI is InChI=1S/C26H52NO7P/c1-5-6-7-8-9-10-11-12-13-14-15-16-17-18-19-20-26(29)32-23-25(28)24-34-35(30,31)33-22-21-27(2,3)4/h12-13,25,28H,5-11,14-24H2,1-4H3/b13-12-/t25-/m0/s1. The Hall–Kier alpha value is -0.760. The predicted molar refractivity (Wildman–Crippen MR) is 139 cm³/mol. The average Bonchev–Trinajstić information content (AvgIpc) is 2.78. The molecule has 0 saturated carbocycles. The van der Waals surface area contributed by atoms with E-state index in [0.29, 0.717) is 17.4 Å². The fourth-order valence-corrected chi connectivity index (χ4v) is 4.03. The molecule has 0 fully saturated rings. The first-order valence-electron chi connectivity index (χ1n) is 13.4. The second-order valence-electron chi connectivity index (χ2n) is 10.3. The Kier molecular flexibility index (Phi) is 20.9. The summed E-state index contributed by atoms with van der Waals surface area (Å²) in [5.41, 5.74) is 0. The molecular formula is C26H52NO7P. The molecule has 0 aliphatic heterocycles. The Bertz CT molecular complexity index is 593. The van der Waals surface area contributed by atoms with Crippen molar-refractivity contribution >= 4 is 13.8 Å². The Morgan fingerprint density at radius 3 is 2.00 bits per heavy atom. The summed E-state index contributed by atoms with van der Waals surface area (Å²) in [7, 11) is 1.24. The van der Waals surface area contributed by atoms with Gasteiger partial charge >= 0.3 is 5.97 Å². The first-order chi connectivity index (χ1) is 16.6. The molecule has 0 radical (unpaired) electrons. The molecule has 0 heterocycles. The molecule has 35 heavy (non-hydrogen) atoms. The number of carbonyl (C=O) groups is 1. The number of esters is 1. The highest BCUT2D eigenvalue weighted by atomic mass is 31.2. The molecule has 0 aliphatic carbocycles. The molecule has 0 amide bonds. The molecule has 0 aromatic heterocycles. The third-order valence-corrected chi connectivity index (χ3v) is 6.48. The smallest absolute Gasteiger partial charge is 0.305 e. The van der Waals surface area contributed by atoms with Crippen LogP contribution in [0.1, 0.15) is 96.8 Å². The van der Waals surface area contributed by atoms with Gasteiger partial charge in [0.25, 0.3) is 7.82 Å². The van der Waals surface area contributed by atoms with Crippen LogP contribution < -0.4 is 4.89 Å². The first kappa shape index (κ1) is 34.2. The van der Waals surface area contributed by atoms with Crippen molar-refractivity contribution < 1.29 is 37.6 Å². The van der Waals surface area contributed by atoms with E-state index in [9.17, 15) is 19.4 Å². The number of phosphoric acid groups is 1. The summed E-state index contributed by atoms with van der Waals surface area (Å²) in [6.07, 6.45) is 19.1. The number of nitrogens with zero attached hydrogens (tertiary/aromatic N) is 1. The number of quaternary nitrogens is 1. The van der Waals surface area contributed by atoms with Gasteiger partial charge in [-0.2, -0.15) is 0 Å². The molecule has 0 aliphatic rings. The maximum atomic E-state index is 11.8. The molecular weight excluding hydrogens is 469 g/mol. The zero-order chi connectivity index (χ0) is 26.4. The van der Waals surface area contributed by atoms with E-state index in [4.69, 9.17) is 9.26 Å². The maximum absolute atomic E-state index is 11.8. The van der Waals surface area contributed by atoms with Gasteiger partial charge in [-0.1, -0.05) is 70.4 Å². The van der Waals surface area contributed by atoms with Gasteiger partial charge in [-0.3, -0.25) is 9.36 Å². The van der Waals surface area contributed by atoms with Crippen molar-refractivity contribution in [3.05, 3.63) is 12.2 Å². The van der Waals surface area contributed by atoms with Gasteiger partial charge in [-0.05, 0) is 32.1 Å². The second kappa shape index (κ2) is 21.3. The van der Waals surface area contributed by atoms with Crippen LogP contribution in [0.2, 0.25) is 0 Å². The minimum absolute atomic E-state index is 0.00862. The maximum Gasteiger partial charge on any atom is 0.305 e. The van der Waals surface area contributed by atoms with Crippen molar-refractivity contribution in [3.8, 4) is 0 Å². The van der Waals surface area contributed by atoms with Crippen LogP contribution in [-0.4, -0.2) is 69.2 Å². The van der Waals surface area contributed by atoms with E-state index >= 15 is 0 Å². The lowest BCUT2D eigenvalue weighted by molar-refractivity contribution is -0.870. The number of hydrogen-bond acceptors (Lipinski definition) is 7. The lowest BCUT2D eigenvalue weighted by Crippen LogP contribution is -2.37. The minimum atomic E-state index is -4.49. The van der Waals surface area contributed by atoms with Gasteiger partial charge in [-0.25, -0.2) is 0 Å². The van der Waals surface area contributed by atoms with Gasteiger partial charge in [0.1, 0.15) is 25.9 Å². The van der Waals surface area contributed by atoms with E-state index in [1.54, 1.807) is 0 Å². The number of phosphoric ester groups is 1. The average molecular weight is 522 g/mol. The SMILES string of the molecule is CCCCCCCC/C=C\CCCCCCCC(=O)OC[C@H](O)COP(=O)([O-])OCC[N+](C)(C)C. The lowest BCUT2D eigenvalue weighted by atomic mass is 10.1. The van der Waals surface area contributed by atoms with E-state index in [1.165, 1.54) is 51.4 Å². The molecule has 208 valence electrons. The van der Waals surface area contributed by atoms with Gasteiger partial charge in [0.05, 0.1) is 27.7 Å². The van der Waals surface area contributed by atoms with Crippen molar-refractivity contribution in [1.29, 1.82) is 0 Å². The molecule has 8 nitrogen and oxygen atoms in total. The molecule has 0 saturated heterocycles. The van der Waals surface area contributed by atoms with Crippen molar-refractivity contribution in [2.24, 2.45) is 0 Å². The van der Waals surface area contributed by atoms with Crippen LogP contribution >= 0.6 is 7.82 Å². The summed E-state index contributed by atoms with van der Waals surface area (Å²) < 4.78 is 26.6. The van der Waals surface area contributed by atoms with E-state index in [0.717, 1.165) is 32.1 Å². The Morgan fingerprint density at radius 1 is 0.886 bits per heavy atom. The number of aliphatic hydroxyl groups is 1. The van der Waals surface area contributed by atoms with Gasteiger partial charge in [-0.15, -0.1) is 0 Å². The highest BCUT2D eigenvalue weighted by molar-refractivity contribution is 7.45. The molecule has 2 atom stereocenters. The Labute approximate surface area is 214 Å². The fourth-order valence-electron chi connectivity index (χ4n) is 3.29. The van der Waals surface area contributed by atoms with E-state index < -0.39 is 26.5 Å². The van der Waals surface area contributed by atoms with Crippen LogP contribution in [0.15, 0.2) is 12.2 Å². The van der Waals surface area contributed by atoms with E-state index in [-0.39, 0.29) is 13.2 Å². The normalized spacial score (nSPS) is 14.8. The van der Waals surface area contributed by atoms with E-state index in [1.807, 2.05) is 21.1 Å². The summed E-state index contributed by atoms with van der Waals surface area (Å²) in [6, 6.07) is 0. The van der Waals surface area contributed by atoms with Crippen LogP contribution in [-0.2, 0) is 23.1 Å². The van der Waals surface area contributed by atoms with Crippen LogP contribution in [0, 0.1) is 0 Å². The number of unbranched alkanes of at least 4 members (excludes halogenated alkanes) is 11. The summed E-state index contributed by atoms with van der Waals surface area (Å²) in [4.78, 5) is 23.5. The van der Waals surface area contributed by atoms with Crippen LogP contribution in [0.3, 0.4) is 0 Å². The first-order valence-corrected chi connectivity index (χ1v) is 14.9. The second-order valence-corrected chi connectivity index (χ2v) is 11.7. The number of carbonyl (C=O) groups excluding carboxylic acids is 1. The van der Waals surface area contributed by atoms with Crippen LogP contribution in [0.25, 0.3) is 0 Å². The van der Waals surface area contributed by atoms with Crippen molar-refractivity contribution in [3.63, 3.8) is 0 Å². The fraction of sp³-hybridized carbons (Fsp3) is 0.885. The molecule has 1 unspecified atom stereocenters. The summed E-state index contributed by atoms with van der Waals surface area (Å²) in [5.74, 6) is -0.397. The van der Waals surface area contributed by atoms with Crippen molar-refractivity contribution in [2.75, 3.05) is 47.5 Å². The Balaban J connectivity index is 3.59. The van der Waals surface area contributed by atoms with Crippen molar-refractivity contribution in [2.45, 2.75) is 103 Å². The number of allylic oxidation sites excluding steroid dienone is 2. The third kappa shape index (κ3) is 26.1. The zero-order valence-electron chi connectivity index (χ0n) is 22.8. The zero-order valence-corrected chi connectivity index (χ0v) is 23.6. The molecule has 9 heteroatoms. The third-order valence-electron chi connectivity index (χ3n) is 5.52. The predicted octanol–water partition coefficient (Wildman–Crippen LogP) is 5.14. The summed E-state index contributed by atoms with van der Waals surface area (Å²) >= 11 is 0. The number of rotatable bonds is 24. The lowest BCUT2D eigenvalue weighted by Gasteiger charge is -2.27.